The van der Waals surface area contributed by atoms with Gasteiger partial charge in [-0.2, -0.15) is 0 Å². The maximum atomic E-state index is 12.5. The number of ketones is 1. The van der Waals surface area contributed by atoms with Crippen LogP contribution in [0, 0.1) is 51.8 Å². The average Bonchev–Trinajstić information content (AvgIpc) is 3.03. The number of hydrogen-bond donors (Lipinski definition) is 2. The Hall–Kier alpha value is -0.410. The molecule has 3 nitrogen and oxygen atoms in total. The molecule has 4 fully saturated rings. The minimum absolute atomic E-state index is 0.164. The molecule has 178 valence electrons. The topological polar surface area (TPSA) is 57.5 Å². The molecule has 0 radical (unpaired) electrons. The Morgan fingerprint density at radius 2 is 1.61 bits per heavy atom. The second kappa shape index (κ2) is 8.12. The Morgan fingerprint density at radius 1 is 0.968 bits per heavy atom. The molecule has 4 saturated carbocycles. The summed E-state index contributed by atoms with van der Waals surface area (Å²) in [4.78, 5) is 12.5. The molecule has 10 atom stereocenters. The van der Waals surface area contributed by atoms with Crippen molar-refractivity contribution >= 4 is 5.78 Å². The molecule has 4 rings (SSSR count). The molecule has 0 aromatic rings. The number of carbonyl (C=O) groups excluding carboxylic acids is 1. The predicted molar refractivity (Wildman–Crippen MR) is 125 cm³/mol. The van der Waals surface area contributed by atoms with Crippen molar-refractivity contribution in [3.63, 3.8) is 0 Å². The minimum atomic E-state index is -0.230. The van der Waals surface area contributed by atoms with Crippen molar-refractivity contribution in [3.8, 4) is 0 Å². The third kappa shape index (κ3) is 3.94. The first-order chi connectivity index (χ1) is 14.4. The van der Waals surface area contributed by atoms with Crippen LogP contribution in [0.5, 0.6) is 0 Å². The molecule has 0 spiro atoms. The SMILES string of the molecule is C[C@H](CCC(=O)C(C)(C)C)[C@H]1CC[C@H]2[C@@H]3[C@H](O)C[C@@H]4C[C@H](O)CC[C@]4(C)[C@H]3CC[C@]12C. The first-order valence-electron chi connectivity index (χ1n) is 13.3. The fraction of sp³-hybridized carbons (Fsp3) is 0.964. The maximum Gasteiger partial charge on any atom is 0.138 e. The van der Waals surface area contributed by atoms with E-state index in [2.05, 4.69) is 20.8 Å². The highest BCUT2D eigenvalue weighted by Crippen LogP contribution is 2.68. The van der Waals surface area contributed by atoms with Crippen LogP contribution in [0.15, 0.2) is 0 Å². The van der Waals surface area contributed by atoms with Crippen molar-refractivity contribution in [2.24, 2.45) is 51.8 Å². The van der Waals surface area contributed by atoms with Crippen LogP contribution < -0.4 is 0 Å². The lowest BCUT2D eigenvalue weighted by Crippen LogP contribution is -2.58. The van der Waals surface area contributed by atoms with Crippen molar-refractivity contribution in [1.29, 1.82) is 0 Å². The lowest BCUT2D eigenvalue weighted by molar-refractivity contribution is -0.174. The zero-order valence-corrected chi connectivity index (χ0v) is 21.0. The highest BCUT2D eigenvalue weighted by molar-refractivity contribution is 5.83. The first kappa shape index (κ1) is 23.7. The van der Waals surface area contributed by atoms with E-state index in [9.17, 15) is 15.0 Å². The lowest BCUT2D eigenvalue weighted by Gasteiger charge is -2.62. The van der Waals surface area contributed by atoms with Gasteiger partial charge in [0.25, 0.3) is 0 Å². The molecule has 0 unspecified atom stereocenters. The Balaban J connectivity index is 1.50. The Bertz CT molecular complexity index is 680. The van der Waals surface area contributed by atoms with Crippen LogP contribution in [0.4, 0.5) is 0 Å². The van der Waals surface area contributed by atoms with E-state index in [-0.39, 0.29) is 17.6 Å². The van der Waals surface area contributed by atoms with Gasteiger partial charge in [-0.1, -0.05) is 41.5 Å². The van der Waals surface area contributed by atoms with Gasteiger partial charge in [0.2, 0.25) is 0 Å². The summed E-state index contributed by atoms with van der Waals surface area (Å²) in [5.74, 6) is 3.80. The van der Waals surface area contributed by atoms with Crippen molar-refractivity contribution in [2.45, 2.75) is 118 Å². The van der Waals surface area contributed by atoms with Crippen LogP contribution in [-0.4, -0.2) is 28.2 Å². The van der Waals surface area contributed by atoms with Gasteiger partial charge in [-0.15, -0.1) is 0 Å². The average molecular weight is 433 g/mol. The van der Waals surface area contributed by atoms with Gasteiger partial charge in [0, 0.05) is 11.8 Å². The molecule has 2 N–H and O–H groups in total. The third-order valence-electron chi connectivity index (χ3n) is 11.1. The van der Waals surface area contributed by atoms with Crippen LogP contribution in [0.3, 0.4) is 0 Å². The zero-order valence-electron chi connectivity index (χ0n) is 21.0. The number of aliphatic hydroxyl groups is 2. The molecule has 0 aromatic carbocycles. The van der Waals surface area contributed by atoms with Crippen LogP contribution in [-0.2, 0) is 4.79 Å². The molecule has 0 bridgehead atoms. The quantitative estimate of drug-likeness (QED) is 0.572. The number of fused-ring (bicyclic) bond motifs is 5. The van der Waals surface area contributed by atoms with Crippen molar-refractivity contribution < 1.29 is 15.0 Å². The van der Waals surface area contributed by atoms with Crippen molar-refractivity contribution in [3.05, 3.63) is 0 Å². The van der Waals surface area contributed by atoms with Crippen LogP contribution in [0.2, 0.25) is 0 Å². The first-order valence-corrected chi connectivity index (χ1v) is 13.3. The molecular weight excluding hydrogens is 384 g/mol. The Kier molecular flexibility index (Phi) is 6.21. The van der Waals surface area contributed by atoms with Gasteiger partial charge in [-0.05, 0) is 104 Å². The smallest absolute Gasteiger partial charge is 0.138 e. The lowest BCUT2D eigenvalue weighted by atomic mass is 9.43. The van der Waals surface area contributed by atoms with E-state index >= 15 is 0 Å². The summed E-state index contributed by atoms with van der Waals surface area (Å²) in [6, 6.07) is 0. The van der Waals surface area contributed by atoms with Gasteiger partial charge in [0.1, 0.15) is 5.78 Å². The van der Waals surface area contributed by atoms with Crippen molar-refractivity contribution in [2.75, 3.05) is 0 Å². The fourth-order valence-corrected chi connectivity index (χ4v) is 9.11. The molecule has 3 heteroatoms. The Labute approximate surface area is 190 Å². The number of Topliss-reactive ketones (excluding diaryl/α,β-unsaturated/α-hetero) is 1. The van der Waals surface area contributed by atoms with Gasteiger partial charge in [-0.25, -0.2) is 0 Å². The standard InChI is InChI=1S/C28H48O3/c1-17(7-10-24(31)26(2,3)4)20-8-9-21-25-22(12-14-28(20,21)6)27(5)13-11-19(29)15-18(27)16-23(25)30/h17-23,25,29-30H,7-16H2,1-6H3/t17-,18+,19-,20-,21+,22+,23-,25+,27+,28-/m1/s1. The molecule has 0 aliphatic heterocycles. The number of carbonyl (C=O) groups is 1. The van der Waals surface area contributed by atoms with Gasteiger partial charge < -0.3 is 10.2 Å². The summed E-state index contributed by atoms with van der Waals surface area (Å²) in [6.45, 7) is 13.5. The van der Waals surface area contributed by atoms with Gasteiger partial charge >= 0.3 is 0 Å². The monoisotopic (exact) mass is 432 g/mol. The molecule has 0 amide bonds. The summed E-state index contributed by atoms with van der Waals surface area (Å²) in [5.41, 5.74) is 0.378. The third-order valence-corrected chi connectivity index (χ3v) is 11.1. The number of rotatable bonds is 4. The molecule has 0 aromatic heterocycles. The fourth-order valence-electron chi connectivity index (χ4n) is 9.11. The number of aliphatic hydroxyl groups excluding tert-OH is 2. The van der Waals surface area contributed by atoms with Crippen LogP contribution in [0.1, 0.15) is 106 Å². The molecular formula is C28H48O3. The predicted octanol–water partition coefficient (Wildman–Crippen LogP) is 6.01. The van der Waals surface area contributed by atoms with E-state index in [1.54, 1.807) is 0 Å². The zero-order chi connectivity index (χ0) is 22.8. The van der Waals surface area contributed by atoms with E-state index in [0.29, 0.717) is 58.5 Å². The second-order valence-electron chi connectivity index (χ2n) is 13.6. The highest BCUT2D eigenvalue weighted by atomic mass is 16.3. The molecule has 0 heterocycles. The summed E-state index contributed by atoms with van der Waals surface area (Å²) < 4.78 is 0. The van der Waals surface area contributed by atoms with E-state index < -0.39 is 0 Å². The van der Waals surface area contributed by atoms with Gasteiger partial charge in [0.15, 0.2) is 0 Å². The minimum Gasteiger partial charge on any atom is -0.393 e. The normalized spacial score (nSPS) is 48.5. The van der Waals surface area contributed by atoms with E-state index in [1.807, 2.05) is 20.8 Å². The van der Waals surface area contributed by atoms with Crippen molar-refractivity contribution in [1.82, 2.24) is 0 Å². The molecule has 4 aliphatic rings. The Morgan fingerprint density at radius 3 is 2.29 bits per heavy atom. The molecule has 31 heavy (non-hydrogen) atoms. The van der Waals surface area contributed by atoms with Crippen LogP contribution >= 0.6 is 0 Å². The highest BCUT2D eigenvalue weighted by Gasteiger charge is 2.62. The summed E-state index contributed by atoms with van der Waals surface area (Å²) in [5, 5.41) is 21.6. The van der Waals surface area contributed by atoms with Crippen LogP contribution in [0.25, 0.3) is 0 Å². The maximum absolute atomic E-state index is 12.5. The van der Waals surface area contributed by atoms with E-state index in [1.165, 1.54) is 25.7 Å². The summed E-state index contributed by atoms with van der Waals surface area (Å²) in [6.07, 6.45) is 10.2. The molecule has 0 saturated heterocycles. The summed E-state index contributed by atoms with van der Waals surface area (Å²) in [7, 11) is 0. The van der Waals surface area contributed by atoms with E-state index in [4.69, 9.17) is 0 Å². The van der Waals surface area contributed by atoms with Gasteiger partial charge in [0.05, 0.1) is 12.2 Å². The second-order valence-corrected chi connectivity index (χ2v) is 13.6. The van der Waals surface area contributed by atoms with Gasteiger partial charge in [-0.3, -0.25) is 4.79 Å². The largest absolute Gasteiger partial charge is 0.393 e. The number of hydrogen-bond acceptors (Lipinski definition) is 3. The summed E-state index contributed by atoms with van der Waals surface area (Å²) >= 11 is 0. The van der Waals surface area contributed by atoms with E-state index in [0.717, 1.165) is 32.1 Å². The molecule has 4 aliphatic carbocycles.